The molecule has 1 amide bonds. The third-order valence-electron chi connectivity index (χ3n) is 2.88. The van der Waals surface area contributed by atoms with E-state index in [1.807, 2.05) is 14.0 Å². The highest BCUT2D eigenvalue weighted by atomic mass is 19.1. The van der Waals surface area contributed by atoms with E-state index in [0.717, 1.165) is 18.5 Å². The maximum atomic E-state index is 13.6. The molecule has 0 saturated carbocycles. The van der Waals surface area contributed by atoms with Crippen molar-refractivity contribution >= 4 is 5.91 Å². The van der Waals surface area contributed by atoms with E-state index in [-0.39, 0.29) is 17.7 Å². The molecule has 1 rings (SSSR count). The van der Waals surface area contributed by atoms with Gasteiger partial charge in [0.1, 0.15) is 0 Å². The number of benzene rings is 1. The predicted molar refractivity (Wildman–Crippen MR) is 72.7 cm³/mol. The summed E-state index contributed by atoms with van der Waals surface area (Å²) in [5.74, 6) is -0.244. The second-order valence-corrected chi connectivity index (χ2v) is 4.39. The lowest BCUT2D eigenvalue weighted by molar-refractivity contribution is -0.121. The van der Waals surface area contributed by atoms with Crippen molar-refractivity contribution in [1.82, 2.24) is 10.6 Å². The van der Waals surface area contributed by atoms with Gasteiger partial charge in [0.05, 0.1) is 13.2 Å². The molecule has 0 aliphatic heterocycles. The fourth-order valence-corrected chi connectivity index (χ4v) is 1.77. The van der Waals surface area contributed by atoms with Crippen LogP contribution < -0.4 is 15.4 Å². The average Bonchev–Trinajstić information content (AvgIpc) is 2.38. The van der Waals surface area contributed by atoms with Gasteiger partial charge in [-0.15, -0.1) is 0 Å². The van der Waals surface area contributed by atoms with E-state index in [1.165, 1.54) is 13.2 Å². The van der Waals surface area contributed by atoms with E-state index >= 15 is 0 Å². The number of nitrogens with one attached hydrogen (secondary N) is 2. The molecule has 4 nitrogen and oxygen atoms in total. The molecule has 1 unspecified atom stereocenters. The lowest BCUT2D eigenvalue weighted by atomic mass is 10.1. The molecule has 19 heavy (non-hydrogen) atoms. The summed E-state index contributed by atoms with van der Waals surface area (Å²) in [6.07, 6.45) is 1.25. The Bertz CT molecular complexity index is 424. The Kier molecular flexibility index (Phi) is 6.29. The standard InChI is InChI=1S/C14H21FN2O2/c1-10(17-14(18)5-4-8-16-2)11-6-7-13(19-3)12(15)9-11/h6-7,9-10,16H,4-5,8H2,1-3H3,(H,17,18). The summed E-state index contributed by atoms with van der Waals surface area (Å²) in [5.41, 5.74) is 0.722. The fraction of sp³-hybridized carbons (Fsp3) is 0.500. The molecule has 1 atom stereocenters. The van der Waals surface area contributed by atoms with Crippen LogP contribution in [0.15, 0.2) is 18.2 Å². The van der Waals surface area contributed by atoms with Crippen LogP contribution in [-0.4, -0.2) is 26.6 Å². The summed E-state index contributed by atoms with van der Waals surface area (Å²) in [6, 6.07) is 4.48. The Balaban J connectivity index is 2.55. The zero-order valence-corrected chi connectivity index (χ0v) is 11.6. The van der Waals surface area contributed by atoms with Crippen molar-refractivity contribution < 1.29 is 13.9 Å². The quantitative estimate of drug-likeness (QED) is 0.744. The lowest BCUT2D eigenvalue weighted by Crippen LogP contribution is -2.27. The number of hydrogen-bond donors (Lipinski definition) is 2. The zero-order valence-electron chi connectivity index (χ0n) is 11.6. The first-order valence-corrected chi connectivity index (χ1v) is 6.36. The Labute approximate surface area is 113 Å². The van der Waals surface area contributed by atoms with Crippen LogP contribution in [0.3, 0.4) is 0 Å². The van der Waals surface area contributed by atoms with E-state index in [4.69, 9.17) is 4.74 Å². The second kappa shape index (κ2) is 7.74. The van der Waals surface area contributed by atoms with Gasteiger partial charge in [-0.05, 0) is 44.6 Å². The maximum absolute atomic E-state index is 13.6. The van der Waals surface area contributed by atoms with Crippen LogP contribution in [0.1, 0.15) is 31.4 Å². The van der Waals surface area contributed by atoms with Crippen LogP contribution in [0.25, 0.3) is 0 Å². The number of halogens is 1. The van der Waals surface area contributed by atoms with E-state index in [9.17, 15) is 9.18 Å². The number of carbonyl (C=O) groups excluding carboxylic acids is 1. The average molecular weight is 268 g/mol. The molecule has 0 aliphatic rings. The molecule has 1 aromatic carbocycles. The summed E-state index contributed by atoms with van der Waals surface area (Å²) < 4.78 is 18.4. The molecule has 0 fully saturated rings. The number of ether oxygens (including phenoxy) is 1. The molecule has 106 valence electrons. The second-order valence-electron chi connectivity index (χ2n) is 4.39. The van der Waals surface area contributed by atoms with Gasteiger partial charge in [-0.25, -0.2) is 4.39 Å². The summed E-state index contributed by atoms with van der Waals surface area (Å²) in [4.78, 5) is 11.7. The largest absolute Gasteiger partial charge is 0.494 e. The Morgan fingerprint density at radius 3 is 2.79 bits per heavy atom. The van der Waals surface area contributed by atoms with Gasteiger partial charge >= 0.3 is 0 Å². The molecular weight excluding hydrogens is 247 g/mol. The minimum Gasteiger partial charge on any atom is -0.494 e. The first kappa shape index (κ1) is 15.4. The van der Waals surface area contributed by atoms with Crippen molar-refractivity contribution in [1.29, 1.82) is 0 Å². The van der Waals surface area contributed by atoms with Gasteiger partial charge in [-0.1, -0.05) is 6.07 Å². The highest BCUT2D eigenvalue weighted by Crippen LogP contribution is 2.21. The van der Waals surface area contributed by atoms with Gasteiger partial charge in [-0.2, -0.15) is 0 Å². The molecule has 0 saturated heterocycles. The Morgan fingerprint density at radius 1 is 1.47 bits per heavy atom. The van der Waals surface area contributed by atoms with Crippen molar-refractivity contribution in [2.75, 3.05) is 20.7 Å². The SMILES string of the molecule is CNCCCC(=O)NC(C)c1ccc(OC)c(F)c1. The summed E-state index contributed by atoms with van der Waals surface area (Å²) in [6.45, 7) is 2.64. The van der Waals surface area contributed by atoms with Gasteiger partial charge < -0.3 is 15.4 Å². The highest BCUT2D eigenvalue weighted by molar-refractivity contribution is 5.76. The molecule has 0 bridgehead atoms. The Hall–Kier alpha value is -1.62. The maximum Gasteiger partial charge on any atom is 0.220 e. The smallest absolute Gasteiger partial charge is 0.220 e. The van der Waals surface area contributed by atoms with Crippen molar-refractivity contribution in [2.45, 2.75) is 25.8 Å². The number of hydrogen-bond acceptors (Lipinski definition) is 3. The lowest BCUT2D eigenvalue weighted by Gasteiger charge is -2.15. The molecular formula is C14H21FN2O2. The van der Waals surface area contributed by atoms with E-state index in [0.29, 0.717) is 6.42 Å². The summed E-state index contributed by atoms with van der Waals surface area (Å²) in [7, 11) is 3.27. The topological polar surface area (TPSA) is 50.4 Å². The first-order chi connectivity index (χ1) is 9.08. The first-order valence-electron chi connectivity index (χ1n) is 6.36. The van der Waals surface area contributed by atoms with Gasteiger partial charge in [0.15, 0.2) is 11.6 Å². The van der Waals surface area contributed by atoms with Crippen molar-refractivity contribution in [3.05, 3.63) is 29.6 Å². The van der Waals surface area contributed by atoms with E-state index in [2.05, 4.69) is 10.6 Å². The number of methoxy groups -OCH3 is 1. The molecule has 0 spiro atoms. The van der Waals surface area contributed by atoms with Gasteiger partial charge in [0, 0.05) is 6.42 Å². The molecule has 0 heterocycles. The number of amides is 1. The predicted octanol–water partition coefficient (Wildman–Crippen LogP) is 2.01. The molecule has 0 radical (unpaired) electrons. The van der Waals surface area contributed by atoms with Crippen molar-refractivity contribution in [3.8, 4) is 5.75 Å². The van der Waals surface area contributed by atoms with E-state index in [1.54, 1.807) is 12.1 Å². The van der Waals surface area contributed by atoms with Crippen LogP contribution in [0.4, 0.5) is 4.39 Å². The molecule has 1 aromatic rings. The van der Waals surface area contributed by atoms with Gasteiger partial charge in [0.25, 0.3) is 0 Å². The van der Waals surface area contributed by atoms with Gasteiger partial charge in [-0.3, -0.25) is 4.79 Å². The van der Waals surface area contributed by atoms with Crippen molar-refractivity contribution in [2.24, 2.45) is 0 Å². The summed E-state index contributed by atoms with van der Waals surface area (Å²) >= 11 is 0. The van der Waals surface area contributed by atoms with Crippen molar-refractivity contribution in [3.63, 3.8) is 0 Å². The van der Waals surface area contributed by atoms with Gasteiger partial charge in [0.2, 0.25) is 5.91 Å². The number of carbonyl (C=O) groups is 1. The zero-order chi connectivity index (χ0) is 14.3. The summed E-state index contributed by atoms with van der Waals surface area (Å²) in [5, 5.41) is 5.83. The van der Waals surface area contributed by atoms with E-state index < -0.39 is 5.82 Å². The molecule has 0 aliphatic carbocycles. The molecule has 5 heteroatoms. The fourth-order valence-electron chi connectivity index (χ4n) is 1.77. The monoisotopic (exact) mass is 268 g/mol. The minimum absolute atomic E-state index is 0.0287. The van der Waals surface area contributed by atoms with Crippen LogP contribution in [0.5, 0.6) is 5.75 Å². The van der Waals surface area contributed by atoms with Crippen LogP contribution >= 0.6 is 0 Å². The highest BCUT2D eigenvalue weighted by Gasteiger charge is 2.11. The third kappa shape index (κ3) is 4.87. The molecule has 2 N–H and O–H groups in total. The minimum atomic E-state index is -0.420. The van der Waals surface area contributed by atoms with Crippen LogP contribution in [0.2, 0.25) is 0 Å². The number of rotatable bonds is 7. The Morgan fingerprint density at radius 2 is 2.21 bits per heavy atom. The third-order valence-corrected chi connectivity index (χ3v) is 2.88. The van der Waals surface area contributed by atoms with Crippen LogP contribution in [0, 0.1) is 5.82 Å². The normalized spacial score (nSPS) is 12.0. The molecule has 0 aromatic heterocycles. The van der Waals surface area contributed by atoms with Crippen LogP contribution in [-0.2, 0) is 4.79 Å².